The zero-order valence-electron chi connectivity index (χ0n) is 18.2. The quantitative estimate of drug-likeness (QED) is 0.268. The van der Waals surface area contributed by atoms with Gasteiger partial charge >= 0.3 is 5.97 Å². The number of aliphatic carboxylic acids is 1. The van der Waals surface area contributed by atoms with Gasteiger partial charge in [0.2, 0.25) is 0 Å². The van der Waals surface area contributed by atoms with E-state index in [1.165, 1.54) is 30.3 Å². The van der Waals surface area contributed by atoms with Crippen molar-refractivity contribution in [3.8, 4) is 0 Å². The number of sulfonamides is 1. The molecule has 0 radical (unpaired) electrons. The summed E-state index contributed by atoms with van der Waals surface area (Å²) in [7, 11) is -4.79. The van der Waals surface area contributed by atoms with Gasteiger partial charge in [0, 0.05) is 9.49 Å². The molecule has 0 saturated heterocycles. The monoisotopic (exact) mass is 668 g/mol. The number of carboxylic acid groups (broad SMARTS) is 1. The van der Waals surface area contributed by atoms with Crippen molar-refractivity contribution >= 4 is 73.4 Å². The highest BCUT2D eigenvalue weighted by Gasteiger charge is 2.30. The molecule has 0 aromatic heterocycles. The van der Waals surface area contributed by atoms with Crippen molar-refractivity contribution in [2.24, 2.45) is 0 Å². The number of rotatable bonds is 8. The van der Waals surface area contributed by atoms with E-state index in [1.807, 2.05) is 27.3 Å². The molecule has 2 atom stereocenters. The highest BCUT2D eigenvalue weighted by atomic mass is 127. The molecule has 0 saturated carbocycles. The van der Waals surface area contributed by atoms with Crippen LogP contribution < -0.4 is 10.0 Å². The van der Waals surface area contributed by atoms with Crippen LogP contribution in [0.25, 0.3) is 0 Å². The molecule has 0 unspecified atom stereocenters. The van der Waals surface area contributed by atoms with Gasteiger partial charge in [-0.2, -0.15) is 0 Å². The Bertz CT molecular complexity index is 1440. The van der Waals surface area contributed by atoms with E-state index in [0.29, 0.717) is 9.13 Å². The zero-order chi connectivity index (χ0) is 26.8. The maximum absolute atomic E-state index is 14.1. The minimum Gasteiger partial charge on any atom is -0.480 e. The minimum absolute atomic E-state index is 0.200. The van der Waals surface area contributed by atoms with E-state index in [9.17, 15) is 31.9 Å². The average Bonchev–Trinajstić information content (AvgIpc) is 2.78. The molecular formula is C23H17Cl2F2IN2O5S. The van der Waals surface area contributed by atoms with Gasteiger partial charge in [0.05, 0.1) is 21.3 Å². The molecular weight excluding hydrogens is 652 g/mol. The fourth-order valence-corrected chi connectivity index (χ4v) is 5.35. The summed E-state index contributed by atoms with van der Waals surface area (Å²) in [6.07, 6.45) is 0. The van der Waals surface area contributed by atoms with Gasteiger partial charge in [0.1, 0.15) is 17.7 Å². The third kappa shape index (κ3) is 6.25. The Morgan fingerprint density at radius 3 is 2.22 bits per heavy atom. The van der Waals surface area contributed by atoms with E-state index < -0.39 is 50.4 Å². The number of carbonyl (C=O) groups is 2. The van der Waals surface area contributed by atoms with Gasteiger partial charge in [0.15, 0.2) is 4.90 Å². The van der Waals surface area contributed by atoms with Crippen molar-refractivity contribution in [2.45, 2.75) is 23.8 Å². The largest absolute Gasteiger partial charge is 0.480 e. The molecule has 0 aliphatic heterocycles. The Kier molecular flexibility index (Phi) is 8.80. The lowest BCUT2D eigenvalue weighted by Gasteiger charge is -2.23. The fourth-order valence-electron chi connectivity index (χ4n) is 3.34. The van der Waals surface area contributed by atoms with Crippen LogP contribution in [0.3, 0.4) is 0 Å². The van der Waals surface area contributed by atoms with Crippen LogP contribution in [0.15, 0.2) is 59.5 Å². The standard InChI is InChI=1S/C23H17Cl2F2IN2O5S/c1-11(12-5-8-15(24)16(25)9-12)20(23(32)33)29-22(31)14-7-6-13(28)10-19(14)30-36(34,35)21-17(26)3-2-4-18(21)27/h2-11,20,30H,1H3,(H,29,31)(H,32,33)/t11-,20+/m1/s1. The molecule has 1 amide bonds. The van der Waals surface area contributed by atoms with E-state index in [4.69, 9.17) is 23.2 Å². The summed E-state index contributed by atoms with van der Waals surface area (Å²) in [5.74, 6) is -5.70. The molecule has 3 aromatic carbocycles. The molecule has 0 aliphatic rings. The van der Waals surface area contributed by atoms with Crippen molar-refractivity contribution in [3.63, 3.8) is 0 Å². The van der Waals surface area contributed by atoms with Crippen LogP contribution in [0.4, 0.5) is 14.5 Å². The number of halogens is 5. The number of nitrogens with one attached hydrogen (secondary N) is 2. The maximum atomic E-state index is 14.1. The normalized spacial score (nSPS) is 13.1. The van der Waals surface area contributed by atoms with Crippen molar-refractivity contribution in [2.75, 3.05) is 4.72 Å². The molecule has 13 heteroatoms. The van der Waals surface area contributed by atoms with Crippen LogP contribution in [-0.2, 0) is 14.8 Å². The lowest BCUT2D eigenvalue weighted by molar-refractivity contribution is -0.139. The number of hydrogen-bond acceptors (Lipinski definition) is 4. The summed E-state index contributed by atoms with van der Waals surface area (Å²) in [5.41, 5.74) is -0.0765. The number of amides is 1. The second-order valence-corrected chi connectivity index (χ2v) is 11.3. The first-order valence-electron chi connectivity index (χ1n) is 10.1. The molecule has 0 heterocycles. The highest BCUT2D eigenvalue weighted by molar-refractivity contribution is 14.1. The summed E-state index contributed by atoms with van der Waals surface area (Å²) in [6, 6.07) is 9.67. The smallest absolute Gasteiger partial charge is 0.326 e. The van der Waals surface area contributed by atoms with Crippen molar-refractivity contribution < 1.29 is 31.9 Å². The Morgan fingerprint density at radius 1 is 1.00 bits per heavy atom. The van der Waals surface area contributed by atoms with Crippen molar-refractivity contribution in [3.05, 3.63) is 91.0 Å². The molecule has 3 N–H and O–H groups in total. The van der Waals surface area contributed by atoms with E-state index in [-0.39, 0.29) is 21.3 Å². The highest BCUT2D eigenvalue weighted by Crippen LogP contribution is 2.29. The van der Waals surface area contributed by atoms with Gasteiger partial charge in [-0.15, -0.1) is 0 Å². The SMILES string of the molecule is C[C@H](c1ccc(Cl)c(Cl)c1)[C@H](NC(=O)c1ccc(I)cc1NS(=O)(=O)c1c(F)cccc1F)C(=O)O. The van der Waals surface area contributed by atoms with Crippen LogP contribution in [0.5, 0.6) is 0 Å². The lowest BCUT2D eigenvalue weighted by Crippen LogP contribution is -2.44. The first-order chi connectivity index (χ1) is 16.8. The van der Waals surface area contributed by atoms with Gasteiger partial charge in [-0.05, 0) is 70.6 Å². The molecule has 0 fully saturated rings. The van der Waals surface area contributed by atoms with Crippen LogP contribution >= 0.6 is 45.8 Å². The summed E-state index contributed by atoms with van der Waals surface area (Å²) in [6.45, 7) is 1.55. The van der Waals surface area contributed by atoms with Gasteiger partial charge in [-0.1, -0.05) is 42.3 Å². The first-order valence-corrected chi connectivity index (χ1v) is 13.4. The molecule has 190 valence electrons. The molecule has 36 heavy (non-hydrogen) atoms. The Morgan fingerprint density at radius 2 is 1.64 bits per heavy atom. The van der Waals surface area contributed by atoms with Gasteiger partial charge in [-0.3, -0.25) is 9.52 Å². The molecule has 3 rings (SSSR count). The Hall–Kier alpha value is -2.48. The van der Waals surface area contributed by atoms with Crippen molar-refractivity contribution in [1.82, 2.24) is 5.32 Å². The third-order valence-corrected chi connectivity index (χ3v) is 8.01. The van der Waals surface area contributed by atoms with E-state index in [0.717, 1.165) is 18.2 Å². The molecule has 0 bridgehead atoms. The second kappa shape index (κ2) is 11.3. The number of carbonyl (C=O) groups excluding carboxylic acids is 1. The predicted molar refractivity (Wildman–Crippen MR) is 140 cm³/mol. The van der Waals surface area contributed by atoms with E-state index >= 15 is 0 Å². The number of benzene rings is 3. The Balaban J connectivity index is 1.95. The molecule has 7 nitrogen and oxygen atoms in total. The van der Waals surface area contributed by atoms with Crippen molar-refractivity contribution in [1.29, 1.82) is 0 Å². The zero-order valence-corrected chi connectivity index (χ0v) is 22.7. The number of hydrogen-bond donors (Lipinski definition) is 3. The first kappa shape index (κ1) is 28.1. The van der Waals surface area contributed by atoms with Gasteiger partial charge in [-0.25, -0.2) is 22.0 Å². The molecule has 3 aromatic rings. The second-order valence-electron chi connectivity index (χ2n) is 7.60. The lowest BCUT2D eigenvalue weighted by atomic mass is 9.93. The average molecular weight is 669 g/mol. The summed E-state index contributed by atoms with van der Waals surface area (Å²) >= 11 is 13.8. The van der Waals surface area contributed by atoms with Crippen LogP contribution in [-0.4, -0.2) is 31.4 Å². The summed E-state index contributed by atoms with van der Waals surface area (Å²) in [5, 5.41) is 12.6. The summed E-state index contributed by atoms with van der Waals surface area (Å²) in [4.78, 5) is 23.9. The molecule has 0 spiro atoms. The predicted octanol–water partition coefficient (Wildman–Crippen LogP) is 5.66. The third-order valence-electron chi connectivity index (χ3n) is 5.18. The van der Waals surface area contributed by atoms with E-state index in [1.54, 1.807) is 13.0 Å². The van der Waals surface area contributed by atoms with Crippen LogP contribution in [0.2, 0.25) is 10.0 Å². The van der Waals surface area contributed by atoms with E-state index in [2.05, 4.69) is 5.32 Å². The fraction of sp³-hybridized carbons (Fsp3) is 0.130. The molecule has 0 aliphatic carbocycles. The topological polar surface area (TPSA) is 113 Å². The maximum Gasteiger partial charge on any atom is 0.326 e. The number of carboxylic acids is 1. The van der Waals surface area contributed by atoms with Gasteiger partial charge in [0.25, 0.3) is 15.9 Å². The van der Waals surface area contributed by atoms with Crippen LogP contribution in [0.1, 0.15) is 28.8 Å². The number of anilines is 1. The van der Waals surface area contributed by atoms with Gasteiger partial charge < -0.3 is 10.4 Å². The summed E-state index contributed by atoms with van der Waals surface area (Å²) < 4.78 is 56.3. The minimum atomic E-state index is -4.79. The van der Waals surface area contributed by atoms with Crippen LogP contribution in [0, 0.1) is 15.2 Å². The Labute approximate surface area is 229 Å².